The fourth-order valence-electron chi connectivity index (χ4n) is 8.22. The molecule has 7 rings (SSSR count). The van der Waals surface area contributed by atoms with Gasteiger partial charge in [0.1, 0.15) is 29.9 Å². The maximum atomic E-state index is 14.1. The Labute approximate surface area is 375 Å². The number of amides is 4. The molecule has 4 aliphatic rings. The van der Waals surface area contributed by atoms with Gasteiger partial charge in [0.2, 0.25) is 11.7 Å². The Hall–Kier alpha value is -6.87. The standard InChI is InChI=1S/C44H54N8O13/c1-7-16-63-44(58)52-30-22-34(33(59-5)21-28(30)40(55)51-15-10-12-29(51)41(52)65-37-14-8-9-17-62-37)61-18-11-13-36(53)45-26-19-31(48(2)23-26)39(54)47-35-25-50(4)38(46-35)43(57)64-27-20-32(42(56)60-6)49(3)24-27/h7,19-24,29,35,37,41H,1,8-18,25H2,2-6H3,(H,45,53)(H,47,54)/t29-,35?,37?,41?/m0/s1. The third-order valence-electron chi connectivity index (χ3n) is 11.3. The van der Waals surface area contributed by atoms with E-state index in [1.807, 2.05) is 0 Å². The lowest BCUT2D eigenvalue weighted by Gasteiger charge is -2.38. The molecular weight excluding hydrogens is 849 g/mol. The van der Waals surface area contributed by atoms with Crippen molar-refractivity contribution in [2.45, 2.75) is 69.7 Å². The van der Waals surface area contributed by atoms with Crippen molar-refractivity contribution in [3.05, 3.63) is 66.3 Å². The number of aryl methyl sites for hydroxylation is 2. The number of carbonyl (C=O) groups is 6. The zero-order chi connectivity index (χ0) is 46.4. The summed E-state index contributed by atoms with van der Waals surface area (Å²) in [6, 6.07) is 5.55. The molecule has 0 saturated carbocycles. The SMILES string of the molecule is C=CCOC(=O)N1c2cc(OCCCC(=O)Nc3cc(C(=O)NC4CN(C)C(C(=O)Oc5cc(C(=O)OC)n(C)c5)=N4)n(C)c3)c(OC)cc2C(=O)N2CCC[C@H]2C1OC1CCCCO1. The van der Waals surface area contributed by atoms with Crippen molar-refractivity contribution >= 4 is 53.0 Å². The summed E-state index contributed by atoms with van der Waals surface area (Å²) in [5.74, 6) is -1.87. The lowest BCUT2D eigenvalue weighted by atomic mass is 10.1. The Morgan fingerprint density at radius 1 is 0.954 bits per heavy atom. The van der Waals surface area contributed by atoms with Gasteiger partial charge in [-0.15, -0.1) is 0 Å². The van der Waals surface area contributed by atoms with E-state index in [1.54, 1.807) is 53.8 Å². The number of methoxy groups -OCH3 is 2. The van der Waals surface area contributed by atoms with Crippen molar-refractivity contribution in [3.63, 3.8) is 0 Å². The van der Waals surface area contributed by atoms with Gasteiger partial charge in [0.25, 0.3) is 11.8 Å². The van der Waals surface area contributed by atoms with E-state index >= 15 is 0 Å². The maximum absolute atomic E-state index is 14.1. The van der Waals surface area contributed by atoms with E-state index in [9.17, 15) is 28.8 Å². The summed E-state index contributed by atoms with van der Waals surface area (Å²) in [4.78, 5) is 88.3. The van der Waals surface area contributed by atoms with Gasteiger partial charge in [0.05, 0.1) is 50.4 Å². The summed E-state index contributed by atoms with van der Waals surface area (Å²) in [6.07, 6.45) is 5.62. The van der Waals surface area contributed by atoms with Crippen LogP contribution in [0.4, 0.5) is 16.2 Å². The number of esters is 2. The molecule has 4 aliphatic heterocycles. The predicted octanol–water partition coefficient (Wildman–Crippen LogP) is 3.58. The number of fused-ring (bicyclic) bond motifs is 2. The molecule has 3 unspecified atom stereocenters. The number of nitrogens with one attached hydrogen (secondary N) is 2. The lowest BCUT2D eigenvalue weighted by molar-refractivity contribution is -0.195. The molecule has 0 spiro atoms. The van der Waals surface area contributed by atoms with Gasteiger partial charge < -0.3 is 62.7 Å². The van der Waals surface area contributed by atoms with E-state index < -0.39 is 48.7 Å². The van der Waals surface area contributed by atoms with Gasteiger partial charge in [0.15, 0.2) is 24.0 Å². The van der Waals surface area contributed by atoms with E-state index in [0.29, 0.717) is 31.7 Å². The van der Waals surface area contributed by atoms with Crippen LogP contribution in [0.15, 0.2) is 54.3 Å². The summed E-state index contributed by atoms with van der Waals surface area (Å²) in [5, 5.41) is 5.60. The van der Waals surface area contributed by atoms with Gasteiger partial charge in [-0.25, -0.2) is 24.3 Å². The summed E-state index contributed by atoms with van der Waals surface area (Å²) in [7, 11) is 7.58. The minimum Gasteiger partial charge on any atom is -0.493 e. The number of benzene rings is 1. The molecule has 3 aromatic rings. The number of amidine groups is 1. The van der Waals surface area contributed by atoms with Crippen LogP contribution in [0.3, 0.4) is 0 Å². The molecule has 4 amide bonds. The number of ether oxygens (including phenoxy) is 7. The van der Waals surface area contributed by atoms with Gasteiger partial charge in [-0.1, -0.05) is 12.7 Å². The number of anilines is 2. The second kappa shape index (κ2) is 20.3. The molecule has 2 aromatic heterocycles. The predicted molar refractivity (Wildman–Crippen MR) is 232 cm³/mol. The number of likely N-dealkylation sites (N-methyl/N-ethyl adjacent to an activating group) is 1. The summed E-state index contributed by atoms with van der Waals surface area (Å²) >= 11 is 0. The normalized spacial score (nSPS) is 20.2. The van der Waals surface area contributed by atoms with Crippen molar-refractivity contribution in [1.82, 2.24) is 24.3 Å². The minimum atomic E-state index is -0.911. The molecule has 65 heavy (non-hydrogen) atoms. The molecule has 2 saturated heterocycles. The van der Waals surface area contributed by atoms with Gasteiger partial charge >= 0.3 is 18.0 Å². The van der Waals surface area contributed by atoms with E-state index in [0.717, 1.165) is 19.3 Å². The Kier molecular flexibility index (Phi) is 14.4. The monoisotopic (exact) mass is 902 g/mol. The highest BCUT2D eigenvalue weighted by atomic mass is 16.7. The van der Waals surface area contributed by atoms with Gasteiger partial charge in [-0.2, -0.15) is 0 Å². The smallest absolute Gasteiger partial charge is 0.416 e. The Morgan fingerprint density at radius 2 is 1.75 bits per heavy atom. The number of carbonyl (C=O) groups excluding carboxylic acids is 6. The highest BCUT2D eigenvalue weighted by Crippen LogP contribution is 2.42. The molecule has 2 N–H and O–H groups in total. The second-order valence-electron chi connectivity index (χ2n) is 15.9. The number of hydrogen-bond donors (Lipinski definition) is 2. The van der Waals surface area contributed by atoms with Gasteiger partial charge in [-0.3, -0.25) is 14.4 Å². The quantitative estimate of drug-likeness (QED) is 0.119. The average molecular weight is 903 g/mol. The van der Waals surface area contributed by atoms with Crippen LogP contribution in [-0.2, 0) is 42.6 Å². The van der Waals surface area contributed by atoms with Crippen LogP contribution in [0.2, 0.25) is 0 Å². The second-order valence-corrected chi connectivity index (χ2v) is 15.9. The molecule has 21 heteroatoms. The fraction of sp³-hybridized carbons (Fsp3) is 0.477. The first-order valence-corrected chi connectivity index (χ1v) is 21.3. The third-order valence-corrected chi connectivity index (χ3v) is 11.3. The molecule has 4 atom stereocenters. The van der Waals surface area contributed by atoms with E-state index in [2.05, 4.69) is 22.2 Å². The van der Waals surface area contributed by atoms with Crippen LogP contribution in [-0.4, -0.2) is 139 Å². The molecule has 2 fully saturated rings. The Bertz CT molecular complexity index is 2350. The third kappa shape index (κ3) is 10.3. The topological polar surface area (TPSA) is 223 Å². The molecule has 0 aliphatic carbocycles. The average Bonchev–Trinajstić information content (AvgIpc) is 4.09. The van der Waals surface area contributed by atoms with Crippen LogP contribution in [0.1, 0.15) is 76.3 Å². The molecule has 0 radical (unpaired) electrons. The molecule has 21 nitrogen and oxygen atoms in total. The zero-order valence-electron chi connectivity index (χ0n) is 37.0. The zero-order valence-corrected chi connectivity index (χ0v) is 37.0. The first kappa shape index (κ1) is 46.1. The lowest BCUT2D eigenvalue weighted by Crippen LogP contribution is -2.54. The minimum absolute atomic E-state index is 0.0203. The van der Waals surface area contributed by atoms with Crippen molar-refractivity contribution in [2.75, 3.05) is 64.4 Å². The van der Waals surface area contributed by atoms with Gasteiger partial charge in [-0.05, 0) is 50.7 Å². The highest BCUT2D eigenvalue weighted by molar-refractivity contribution is 6.36. The first-order chi connectivity index (χ1) is 31.3. The van der Waals surface area contributed by atoms with Crippen LogP contribution in [0.25, 0.3) is 0 Å². The van der Waals surface area contributed by atoms with E-state index in [1.165, 1.54) is 48.1 Å². The maximum Gasteiger partial charge on any atom is 0.416 e. The van der Waals surface area contributed by atoms with Crippen molar-refractivity contribution in [3.8, 4) is 17.2 Å². The Balaban J connectivity index is 0.967. The van der Waals surface area contributed by atoms with E-state index in [4.69, 9.17) is 33.2 Å². The van der Waals surface area contributed by atoms with Crippen LogP contribution in [0.5, 0.6) is 17.2 Å². The van der Waals surface area contributed by atoms with Crippen molar-refractivity contribution in [2.24, 2.45) is 19.1 Å². The number of nitrogens with zero attached hydrogens (tertiary/aromatic N) is 6. The molecule has 0 bridgehead atoms. The van der Waals surface area contributed by atoms with Crippen molar-refractivity contribution < 1.29 is 61.9 Å². The first-order valence-electron chi connectivity index (χ1n) is 21.3. The highest BCUT2D eigenvalue weighted by Gasteiger charge is 2.48. The number of hydrogen-bond acceptors (Lipinski definition) is 15. The number of aromatic nitrogens is 2. The van der Waals surface area contributed by atoms with E-state index in [-0.39, 0.29) is 90.1 Å². The number of aliphatic imine (C=N–C) groups is 1. The van der Waals surface area contributed by atoms with Crippen LogP contribution in [0, 0.1) is 0 Å². The number of rotatable bonds is 16. The molecule has 6 heterocycles. The van der Waals surface area contributed by atoms with Crippen LogP contribution >= 0.6 is 0 Å². The van der Waals surface area contributed by atoms with Gasteiger partial charge in [0, 0.05) is 65.2 Å². The summed E-state index contributed by atoms with van der Waals surface area (Å²) in [6.45, 7) is 4.87. The molecule has 1 aromatic carbocycles. The molecular formula is C44H54N8O13. The summed E-state index contributed by atoms with van der Waals surface area (Å²) < 4.78 is 43.0. The Morgan fingerprint density at radius 3 is 2.49 bits per heavy atom. The summed E-state index contributed by atoms with van der Waals surface area (Å²) in [5.41, 5.74) is 1.25. The van der Waals surface area contributed by atoms with Crippen LogP contribution < -0.4 is 29.7 Å². The fourth-order valence-corrected chi connectivity index (χ4v) is 8.22. The van der Waals surface area contributed by atoms with Crippen molar-refractivity contribution in [1.29, 1.82) is 0 Å². The molecule has 348 valence electrons. The largest absolute Gasteiger partial charge is 0.493 e.